The van der Waals surface area contributed by atoms with Gasteiger partial charge in [-0.3, -0.25) is 4.79 Å². The van der Waals surface area contributed by atoms with Crippen molar-refractivity contribution < 1.29 is 9.18 Å². The number of benzene rings is 1. The monoisotopic (exact) mass is 342 g/mol. The van der Waals surface area contributed by atoms with E-state index in [-0.39, 0.29) is 11.7 Å². The van der Waals surface area contributed by atoms with Crippen LogP contribution in [0.3, 0.4) is 0 Å². The van der Waals surface area contributed by atoms with Crippen LogP contribution in [0.5, 0.6) is 0 Å². The molecule has 1 amide bonds. The summed E-state index contributed by atoms with van der Waals surface area (Å²) in [6.45, 7) is 3.21. The number of rotatable bonds is 5. The third-order valence-corrected chi connectivity index (χ3v) is 4.66. The van der Waals surface area contributed by atoms with E-state index in [4.69, 9.17) is 0 Å². The molecule has 5 nitrogen and oxygen atoms in total. The highest BCUT2D eigenvalue weighted by Crippen LogP contribution is 2.21. The van der Waals surface area contributed by atoms with Gasteiger partial charge >= 0.3 is 0 Å². The molecule has 1 aliphatic rings. The lowest BCUT2D eigenvalue weighted by Crippen LogP contribution is -2.43. The lowest BCUT2D eigenvalue weighted by atomic mass is 9.99. The predicted octanol–water partition coefficient (Wildman–Crippen LogP) is 3.63. The Morgan fingerprint density at radius 1 is 1.24 bits per heavy atom. The number of nitrogens with zero attached hydrogens (tertiary/aromatic N) is 3. The maximum absolute atomic E-state index is 13.6. The van der Waals surface area contributed by atoms with E-state index >= 15 is 0 Å². The second-order valence-electron chi connectivity index (χ2n) is 6.31. The quantitative estimate of drug-likeness (QED) is 0.901. The molecule has 1 aliphatic heterocycles. The highest BCUT2D eigenvalue weighted by molar-refractivity contribution is 5.92. The van der Waals surface area contributed by atoms with Crippen LogP contribution < -0.4 is 5.32 Å². The number of hydrogen-bond acceptors (Lipinski definition) is 4. The van der Waals surface area contributed by atoms with Gasteiger partial charge in [-0.15, -0.1) is 10.2 Å². The van der Waals surface area contributed by atoms with Gasteiger partial charge in [0.05, 0.1) is 0 Å². The van der Waals surface area contributed by atoms with Crippen molar-refractivity contribution in [2.75, 3.05) is 11.9 Å². The number of carbonyl (C=O) groups is 1. The second-order valence-corrected chi connectivity index (χ2v) is 6.31. The van der Waals surface area contributed by atoms with Gasteiger partial charge in [-0.25, -0.2) is 4.39 Å². The first kappa shape index (κ1) is 17.3. The zero-order valence-corrected chi connectivity index (χ0v) is 14.4. The SMILES string of the molecule is CCC1CCCCN1C(=O)c1ccc(NCc2ccccc2F)nn1. The van der Waals surface area contributed by atoms with Crippen LogP contribution >= 0.6 is 0 Å². The average molecular weight is 342 g/mol. The van der Waals surface area contributed by atoms with Gasteiger partial charge in [0.15, 0.2) is 5.69 Å². The van der Waals surface area contributed by atoms with Crippen LogP contribution in [0.25, 0.3) is 0 Å². The fraction of sp³-hybridized carbons (Fsp3) is 0.421. The van der Waals surface area contributed by atoms with Crippen molar-refractivity contribution in [2.24, 2.45) is 0 Å². The summed E-state index contributed by atoms with van der Waals surface area (Å²) in [6.07, 6.45) is 4.23. The Labute approximate surface area is 147 Å². The topological polar surface area (TPSA) is 58.1 Å². The van der Waals surface area contributed by atoms with Crippen molar-refractivity contribution in [3.05, 3.63) is 53.5 Å². The largest absolute Gasteiger partial charge is 0.364 e. The Bertz CT molecular complexity index is 720. The van der Waals surface area contributed by atoms with E-state index in [0.717, 1.165) is 25.8 Å². The molecule has 2 heterocycles. The first-order valence-electron chi connectivity index (χ1n) is 8.81. The summed E-state index contributed by atoms with van der Waals surface area (Å²) in [4.78, 5) is 14.6. The molecule has 1 atom stereocenters. The molecule has 6 heteroatoms. The summed E-state index contributed by atoms with van der Waals surface area (Å²) >= 11 is 0. The van der Waals surface area contributed by atoms with Gasteiger partial charge in [0.25, 0.3) is 5.91 Å². The van der Waals surface area contributed by atoms with Crippen LogP contribution in [-0.4, -0.2) is 33.6 Å². The van der Waals surface area contributed by atoms with E-state index in [0.29, 0.717) is 29.7 Å². The number of carbonyl (C=O) groups excluding carboxylic acids is 1. The van der Waals surface area contributed by atoms with Gasteiger partial charge in [0, 0.05) is 24.7 Å². The van der Waals surface area contributed by atoms with Crippen molar-refractivity contribution in [1.82, 2.24) is 15.1 Å². The highest BCUT2D eigenvalue weighted by atomic mass is 19.1. The molecule has 0 aliphatic carbocycles. The van der Waals surface area contributed by atoms with Crippen molar-refractivity contribution in [3.63, 3.8) is 0 Å². The number of halogens is 1. The molecular weight excluding hydrogens is 319 g/mol. The Morgan fingerprint density at radius 3 is 2.80 bits per heavy atom. The summed E-state index contributed by atoms with van der Waals surface area (Å²) in [6, 6.07) is 10.3. The molecule has 0 bridgehead atoms. The van der Waals surface area contributed by atoms with E-state index in [1.807, 2.05) is 4.90 Å². The van der Waals surface area contributed by atoms with Crippen molar-refractivity contribution >= 4 is 11.7 Å². The maximum atomic E-state index is 13.6. The molecule has 1 fully saturated rings. The third kappa shape index (κ3) is 4.13. The average Bonchev–Trinajstić information content (AvgIpc) is 2.67. The Hall–Kier alpha value is -2.50. The van der Waals surface area contributed by atoms with Gasteiger partial charge < -0.3 is 10.2 Å². The Kier molecular flexibility index (Phi) is 5.58. The number of amides is 1. The summed E-state index contributed by atoms with van der Waals surface area (Å²) < 4.78 is 13.6. The van der Waals surface area contributed by atoms with Crippen molar-refractivity contribution in [1.29, 1.82) is 0 Å². The van der Waals surface area contributed by atoms with Gasteiger partial charge in [-0.05, 0) is 43.9 Å². The van der Waals surface area contributed by atoms with Crippen LogP contribution in [0.2, 0.25) is 0 Å². The fourth-order valence-corrected chi connectivity index (χ4v) is 3.21. The first-order valence-corrected chi connectivity index (χ1v) is 8.81. The van der Waals surface area contributed by atoms with Crippen LogP contribution in [0, 0.1) is 5.82 Å². The van der Waals surface area contributed by atoms with Crippen molar-refractivity contribution in [2.45, 2.75) is 45.2 Å². The summed E-state index contributed by atoms with van der Waals surface area (Å²) in [7, 11) is 0. The van der Waals surface area contributed by atoms with Gasteiger partial charge in [0.1, 0.15) is 11.6 Å². The lowest BCUT2D eigenvalue weighted by molar-refractivity contribution is 0.0601. The summed E-state index contributed by atoms with van der Waals surface area (Å²) in [5.41, 5.74) is 0.917. The molecule has 0 radical (unpaired) electrons. The number of anilines is 1. The van der Waals surface area contributed by atoms with E-state index in [1.54, 1.807) is 30.3 Å². The minimum Gasteiger partial charge on any atom is -0.364 e. The van der Waals surface area contributed by atoms with E-state index < -0.39 is 0 Å². The Balaban J connectivity index is 1.63. The minimum absolute atomic E-state index is 0.0558. The highest BCUT2D eigenvalue weighted by Gasteiger charge is 2.27. The van der Waals surface area contributed by atoms with Crippen LogP contribution in [0.4, 0.5) is 10.2 Å². The van der Waals surface area contributed by atoms with Crippen LogP contribution in [0.15, 0.2) is 36.4 Å². The van der Waals surface area contributed by atoms with E-state index in [1.165, 1.54) is 12.5 Å². The molecule has 1 aromatic heterocycles. The van der Waals surface area contributed by atoms with Crippen LogP contribution in [0.1, 0.15) is 48.7 Å². The minimum atomic E-state index is -0.259. The molecule has 1 unspecified atom stereocenters. The zero-order chi connectivity index (χ0) is 17.6. The molecule has 0 spiro atoms. The second kappa shape index (κ2) is 8.05. The van der Waals surface area contributed by atoms with E-state index in [9.17, 15) is 9.18 Å². The molecule has 2 aromatic rings. The number of likely N-dealkylation sites (tertiary alicyclic amines) is 1. The molecular formula is C19H23FN4O. The van der Waals surface area contributed by atoms with Crippen LogP contribution in [-0.2, 0) is 6.54 Å². The molecule has 1 saturated heterocycles. The van der Waals surface area contributed by atoms with Gasteiger partial charge in [-0.2, -0.15) is 0 Å². The summed E-state index contributed by atoms with van der Waals surface area (Å²) in [5, 5.41) is 11.1. The number of hydrogen-bond donors (Lipinski definition) is 1. The normalized spacial score (nSPS) is 17.4. The molecule has 132 valence electrons. The molecule has 1 aromatic carbocycles. The molecule has 3 rings (SSSR count). The van der Waals surface area contributed by atoms with E-state index in [2.05, 4.69) is 22.4 Å². The smallest absolute Gasteiger partial charge is 0.274 e. The first-order chi connectivity index (χ1) is 12.2. The summed E-state index contributed by atoms with van der Waals surface area (Å²) in [5.74, 6) is 0.204. The number of piperidine rings is 1. The van der Waals surface area contributed by atoms with Gasteiger partial charge in [-0.1, -0.05) is 25.1 Å². The zero-order valence-electron chi connectivity index (χ0n) is 14.4. The lowest BCUT2D eigenvalue weighted by Gasteiger charge is -2.34. The standard InChI is InChI=1S/C19H23FN4O/c1-2-15-8-5-6-12-24(15)19(25)17-10-11-18(23-22-17)21-13-14-7-3-4-9-16(14)20/h3-4,7,9-11,15H,2,5-6,8,12-13H2,1H3,(H,21,23). The molecule has 25 heavy (non-hydrogen) atoms. The molecule has 1 N–H and O–H groups in total. The maximum Gasteiger partial charge on any atom is 0.274 e. The molecule has 0 saturated carbocycles. The van der Waals surface area contributed by atoms with Gasteiger partial charge in [0.2, 0.25) is 0 Å². The predicted molar refractivity (Wildman–Crippen MR) is 94.7 cm³/mol. The number of nitrogens with one attached hydrogen (secondary N) is 1. The third-order valence-electron chi connectivity index (χ3n) is 4.66. The van der Waals surface area contributed by atoms with Crippen molar-refractivity contribution in [3.8, 4) is 0 Å². The fourth-order valence-electron chi connectivity index (χ4n) is 3.21. The Morgan fingerprint density at radius 2 is 2.08 bits per heavy atom. The number of aromatic nitrogens is 2.